The van der Waals surface area contributed by atoms with Gasteiger partial charge < -0.3 is 11.1 Å². The Bertz CT molecular complexity index is 158. The van der Waals surface area contributed by atoms with Crippen LogP contribution in [-0.2, 0) is 4.79 Å². The average molecular weight is 214 g/mol. The molecule has 0 heterocycles. The van der Waals surface area contributed by atoms with Crippen LogP contribution in [0.4, 0.5) is 0 Å². The monoisotopic (exact) mass is 214 g/mol. The van der Waals surface area contributed by atoms with Crippen LogP contribution in [0.1, 0.15) is 52.4 Å². The summed E-state index contributed by atoms with van der Waals surface area (Å²) in [6.07, 6.45) is 6.68. The highest BCUT2D eigenvalue weighted by atomic mass is 16.1. The SMILES string of the molecule is CC(C)CCCCCCNC(=O)CCN. The predicted molar refractivity (Wildman–Crippen MR) is 64.6 cm³/mol. The second-order valence-corrected chi connectivity index (χ2v) is 4.49. The molecule has 90 valence electrons. The van der Waals surface area contributed by atoms with Crippen LogP contribution in [0.25, 0.3) is 0 Å². The topological polar surface area (TPSA) is 55.1 Å². The van der Waals surface area contributed by atoms with Crippen molar-refractivity contribution in [2.24, 2.45) is 11.7 Å². The van der Waals surface area contributed by atoms with Gasteiger partial charge >= 0.3 is 0 Å². The van der Waals surface area contributed by atoms with Gasteiger partial charge in [0.2, 0.25) is 5.91 Å². The first kappa shape index (κ1) is 14.4. The molecule has 3 heteroatoms. The molecule has 0 saturated carbocycles. The summed E-state index contributed by atoms with van der Waals surface area (Å²) in [6.45, 7) is 5.76. The number of hydrogen-bond donors (Lipinski definition) is 2. The lowest BCUT2D eigenvalue weighted by molar-refractivity contribution is -0.120. The van der Waals surface area contributed by atoms with E-state index in [1.54, 1.807) is 0 Å². The van der Waals surface area contributed by atoms with Gasteiger partial charge in [-0.25, -0.2) is 0 Å². The number of nitrogens with one attached hydrogen (secondary N) is 1. The molecule has 3 nitrogen and oxygen atoms in total. The van der Waals surface area contributed by atoms with E-state index < -0.39 is 0 Å². The van der Waals surface area contributed by atoms with Crippen LogP contribution < -0.4 is 11.1 Å². The number of rotatable bonds is 9. The molecule has 0 aliphatic carbocycles. The normalized spacial score (nSPS) is 10.7. The Morgan fingerprint density at radius 1 is 1.20 bits per heavy atom. The second kappa shape index (κ2) is 9.97. The van der Waals surface area contributed by atoms with Gasteiger partial charge in [-0.2, -0.15) is 0 Å². The van der Waals surface area contributed by atoms with Crippen molar-refractivity contribution in [1.82, 2.24) is 5.32 Å². The van der Waals surface area contributed by atoms with E-state index >= 15 is 0 Å². The third-order valence-electron chi connectivity index (χ3n) is 2.40. The van der Waals surface area contributed by atoms with Gasteiger partial charge in [0.15, 0.2) is 0 Å². The fraction of sp³-hybridized carbons (Fsp3) is 0.917. The van der Waals surface area contributed by atoms with Gasteiger partial charge in [0.1, 0.15) is 0 Å². The Hall–Kier alpha value is -0.570. The first-order valence-electron chi connectivity index (χ1n) is 6.13. The number of carbonyl (C=O) groups excluding carboxylic acids is 1. The van der Waals surface area contributed by atoms with Crippen molar-refractivity contribution in [3.63, 3.8) is 0 Å². The number of unbranched alkanes of at least 4 members (excludes halogenated alkanes) is 3. The largest absolute Gasteiger partial charge is 0.356 e. The zero-order valence-electron chi connectivity index (χ0n) is 10.2. The molecule has 0 fully saturated rings. The molecule has 3 N–H and O–H groups in total. The first-order chi connectivity index (χ1) is 7.16. The highest BCUT2D eigenvalue weighted by Crippen LogP contribution is 2.08. The molecule has 1 amide bonds. The fourth-order valence-corrected chi connectivity index (χ4v) is 1.48. The minimum atomic E-state index is 0.0830. The second-order valence-electron chi connectivity index (χ2n) is 4.49. The summed E-state index contributed by atoms with van der Waals surface area (Å²) in [5.41, 5.74) is 5.27. The maximum Gasteiger partial charge on any atom is 0.221 e. The van der Waals surface area contributed by atoms with E-state index in [9.17, 15) is 4.79 Å². The Kier molecular flexibility index (Phi) is 9.59. The molecule has 0 atom stereocenters. The number of carbonyl (C=O) groups is 1. The van der Waals surface area contributed by atoms with Gasteiger partial charge in [-0.1, -0.05) is 39.5 Å². The zero-order valence-corrected chi connectivity index (χ0v) is 10.2. The lowest BCUT2D eigenvalue weighted by Crippen LogP contribution is -2.26. The van der Waals surface area contributed by atoms with E-state index in [1.165, 1.54) is 25.7 Å². The third-order valence-corrected chi connectivity index (χ3v) is 2.40. The lowest BCUT2D eigenvalue weighted by Gasteiger charge is -2.05. The molecule has 0 aliphatic heterocycles. The molecule has 15 heavy (non-hydrogen) atoms. The molecule has 0 spiro atoms. The Labute approximate surface area is 93.8 Å². The van der Waals surface area contributed by atoms with Gasteiger partial charge in [0.25, 0.3) is 0 Å². The minimum Gasteiger partial charge on any atom is -0.356 e. The van der Waals surface area contributed by atoms with Crippen LogP contribution in [0.5, 0.6) is 0 Å². The quantitative estimate of drug-likeness (QED) is 0.577. The van der Waals surface area contributed by atoms with Crippen LogP contribution in [0.3, 0.4) is 0 Å². The molecule has 0 saturated heterocycles. The van der Waals surface area contributed by atoms with E-state index in [0.29, 0.717) is 13.0 Å². The van der Waals surface area contributed by atoms with Gasteiger partial charge in [0.05, 0.1) is 0 Å². The van der Waals surface area contributed by atoms with E-state index in [2.05, 4.69) is 19.2 Å². The Balaban J connectivity index is 3.08. The van der Waals surface area contributed by atoms with Crippen LogP contribution in [0.2, 0.25) is 0 Å². The molecule has 0 unspecified atom stereocenters. The van der Waals surface area contributed by atoms with E-state index in [4.69, 9.17) is 5.73 Å². The lowest BCUT2D eigenvalue weighted by atomic mass is 10.0. The average Bonchev–Trinajstić information content (AvgIpc) is 2.16. The molecule has 0 aromatic carbocycles. The van der Waals surface area contributed by atoms with Crippen molar-refractivity contribution < 1.29 is 4.79 Å². The molecule has 0 aliphatic rings. The van der Waals surface area contributed by atoms with Crippen LogP contribution in [-0.4, -0.2) is 19.0 Å². The Morgan fingerprint density at radius 2 is 1.87 bits per heavy atom. The molecule has 0 radical (unpaired) electrons. The van der Waals surface area contributed by atoms with Gasteiger partial charge in [-0.15, -0.1) is 0 Å². The molecule has 0 bridgehead atoms. The van der Waals surface area contributed by atoms with Crippen molar-refractivity contribution in [3.05, 3.63) is 0 Å². The predicted octanol–water partition coefficient (Wildman–Crippen LogP) is 2.06. The van der Waals surface area contributed by atoms with Crippen molar-refractivity contribution in [1.29, 1.82) is 0 Å². The molecular weight excluding hydrogens is 188 g/mol. The summed E-state index contributed by atoms with van der Waals surface area (Å²) in [5, 5.41) is 2.86. The van der Waals surface area contributed by atoms with E-state index in [0.717, 1.165) is 18.9 Å². The smallest absolute Gasteiger partial charge is 0.221 e. The minimum absolute atomic E-state index is 0.0830. The molecule has 0 rings (SSSR count). The standard InChI is InChI=1S/C12H26N2O/c1-11(2)7-5-3-4-6-10-14-12(15)8-9-13/h11H,3-10,13H2,1-2H3,(H,14,15). The molecule has 0 aromatic rings. The van der Waals surface area contributed by atoms with Crippen LogP contribution in [0, 0.1) is 5.92 Å². The van der Waals surface area contributed by atoms with E-state index in [-0.39, 0.29) is 5.91 Å². The number of amides is 1. The summed E-state index contributed by atoms with van der Waals surface area (Å²) in [5.74, 6) is 0.897. The van der Waals surface area contributed by atoms with Crippen molar-refractivity contribution in [2.75, 3.05) is 13.1 Å². The van der Waals surface area contributed by atoms with Crippen molar-refractivity contribution in [3.8, 4) is 0 Å². The van der Waals surface area contributed by atoms with Crippen molar-refractivity contribution >= 4 is 5.91 Å². The summed E-state index contributed by atoms with van der Waals surface area (Å²) in [4.78, 5) is 11.0. The van der Waals surface area contributed by atoms with Gasteiger partial charge in [0, 0.05) is 19.5 Å². The fourth-order valence-electron chi connectivity index (χ4n) is 1.48. The maximum absolute atomic E-state index is 11.0. The summed E-state index contributed by atoms with van der Waals surface area (Å²) < 4.78 is 0. The molecular formula is C12H26N2O. The van der Waals surface area contributed by atoms with Gasteiger partial charge in [-0.3, -0.25) is 4.79 Å². The zero-order chi connectivity index (χ0) is 11.5. The first-order valence-corrected chi connectivity index (χ1v) is 6.13. The van der Waals surface area contributed by atoms with E-state index in [1.807, 2.05) is 0 Å². The highest BCUT2D eigenvalue weighted by Gasteiger charge is 1.98. The Morgan fingerprint density at radius 3 is 2.47 bits per heavy atom. The molecule has 0 aromatic heterocycles. The third kappa shape index (κ3) is 11.4. The summed E-state index contributed by atoms with van der Waals surface area (Å²) >= 11 is 0. The van der Waals surface area contributed by atoms with Gasteiger partial charge in [-0.05, 0) is 12.3 Å². The maximum atomic E-state index is 11.0. The van der Waals surface area contributed by atoms with Crippen LogP contribution >= 0.6 is 0 Å². The summed E-state index contributed by atoms with van der Waals surface area (Å²) in [7, 11) is 0. The van der Waals surface area contributed by atoms with Crippen LogP contribution in [0.15, 0.2) is 0 Å². The summed E-state index contributed by atoms with van der Waals surface area (Å²) in [6, 6.07) is 0. The number of nitrogens with two attached hydrogens (primary N) is 1. The highest BCUT2D eigenvalue weighted by molar-refractivity contribution is 5.75. The van der Waals surface area contributed by atoms with Crippen molar-refractivity contribution in [2.45, 2.75) is 52.4 Å². The number of hydrogen-bond acceptors (Lipinski definition) is 2.